The molecular formula is C23H25N3O3. The third-order valence-electron chi connectivity index (χ3n) is 5.48. The average Bonchev–Trinajstić information content (AvgIpc) is 3.47. The van der Waals surface area contributed by atoms with Crippen molar-refractivity contribution in [2.75, 3.05) is 0 Å². The number of amides is 1. The van der Waals surface area contributed by atoms with E-state index >= 15 is 0 Å². The van der Waals surface area contributed by atoms with Crippen molar-refractivity contribution in [3.63, 3.8) is 0 Å². The minimum absolute atomic E-state index is 0.0179. The summed E-state index contributed by atoms with van der Waals surface area (Å²) >= 11 is 0. The van der Waals surface area contributed by atoms with Crippen LogP contribution in [0.1, 0.15) is 52.3 Å². The maximum absolute atomic E-state index is 13.0. The Balaban J connectivity index is 1.47. The predicted octanol–water partition coefficient (Wildman–Crippen LogP) is 3.69. The van der Waals surface area contributed by atoms with E-state index in [1.54, 1.807) is 23.3 Å². The summed E-state index contributed by atoms with van der Waals surface area (Å²) in [7, 11) is 1.96. The average molecular weight is 391 g/mol. The number of Topliss-reactive ketones (excluding diaryl/α,β-unsaturated/α-hetero) is 1. The fraction of sp³-hybridized carbons (Fsp3) is 0.348. The van der Waals surface area contributed by atoms with E-state index < -0.39 is 0 Å². The lowest BCUT2D eigenvalue weighted by Crippen LogP contribution is -2.30. The molecule has 150 valence electrons. The smallest absolute Gasteiger partial charge is 0.223 e. The number of aryl methyl sites for hydroxylation is 1. The van der Waals surface area contributed by atoms with Crippen LogP contribution in [0.2, 0.25) is 0 Å². The summed E-state index contributed by atoms with van der Waals surface area (Å²) in [5.74, 6) is 0.638. The van der Waals surface area contributed by atoms with Crippen molar-refractivity contribution in [3.8, 4) is 0 Å². The van der Waals surface area contributed by atoms with Crippen LogP contribution < -0.4 is 0 Å². The van der Waals surface area contributed by atoms with Crippen LogP contribution in [0, 0.1) is 0 Å². The molecule has 0 radical (unpaired) electrons. The van der Waals surface area contributed by atoms with Gasteiger partial charge in [0.1, 0.15) is 5.76 Å². The molecule has 6 heteroatoms. The van der Waals surface area contributed by atoms with Crippen LogP contribution in [0.5, 0.6) is 0 Å². The molecule has 1 aliphatic carbocycles. The maximum atomic E-state index is 13.0. The van der Waals surface area contributed by atoms with Gasteiger partial charge in [0.25, 0.3) is 0 Å². The van der Waals surface area contributed by atoms with Crippen LogP contribution in [0.4, 0.5) is 0 Å². The van der Waals surface area contributed by atoms with Gasteiger partial charge in [0.2, 0.25) is 5.91 Å². The van der Waals surface area contributed by atoms with Crippen molar-refractivity contribution in [2.45, 2.75) is 45.2 Å². The van der Waals surface area contributed by atoms with E-state index in [2.05, 4.69) is 5.10 Å². The molecule has 0 atom stereocenters. The number of carbonyl (C=O) groups is 2. The second-order valence-electron chi connectivity index (χ2n) is 7.47. The van der Waals surface area contributed by atoms with E-state index in [9.17, 15) is 9.59 Å². The minimum Gasteiger partial charge on any atom is -0.467 e. The normalized spacial score (nSPS) is 12.7. The fourth-order valence-corrected chi connectivity index (χ4v) is 3.98. The Morgan fingerprint density at radius 3 is 2.66 bits per heavy atom. The molecule has 0 fully saturated rings. The molecule has 4 rings (SSSR count). The molecule has 0 aliphatic heterocycles. The first-order chi connectivity index (χ1) is 14.1. The molecule has 0 unspecified atom stereocenters. The Kier molecular flexibility index (Phi) is 5.60. The molecule has 1 aliphatic rings. The Morgan fingerprint density at radius 2 is 1.90 bits per heavy atom. The molecule has 0 saturated heterocycles. The lowest BCUT2D eigenvalue weighted by Gasteiger charge is -2.21. The largest absolute Gasteiger partial charge is 0.467 e. The highest BCUT2D eigenvalue weighted by Crippen LogP contribution is 2.26. The highest BCUT2D eigenvalue weighted by atomic mass is 16.3. The first kappa shape index (κ1) is 19.2. The van der Waals surface area contributed by atoms with Gasteiger partial charge >= 0.3 is 0 Å². The van der Waals surface area contributed by atoms with Gasteiger partial charge in [-0.2, -0.15) is 5.10 Å². The number of nitrogens with zero attached hydrogens (tertiary/aromatic N) is 3. The van der Waals surface area contributed by atoms with Crippen LogP contribution in [0.15, 0.2) is 53.1 Å². The number of rotatable bonds is 8. The molecule has 2 heterocycles. The second-order valence-corrected chi connectivity index (χ2v) is 7.47. The summed E-state index contributed by atoms with van der Waals surface area (Å²) < 4.78 is 7.39. The van der Waals surface area contributed by atoms with Gasteiger partial charge in [0.15, 0.2) is 5.78 Å². The Morgan fingerprint density at radius 1 is 1.07 bits per heavy atom. The van der Waals surface area contributed by atoms with Gasteiger partial charge in [-0.3, -0.25) is 14.3 Å². The number of furan rings is 1. The molecule has 29 heavy (non-hydrogen) atoms. The van der Waals surface area contributed by atoms with E-state index in [1.807, 2.05) is 42.1 Å². The van der Waals surface area contributed by atoms with E-state index in [0.29, 0.717) is 18.7 Å². The molecule has 0 saturated carbocycles. The zero-order chi connectivity index (χ0) is 20.2. The van der Waals surface area contributed by atoms with Gasteiger partial charge in [-0.25, -0.2) is 0 Å². The van der Waals surface area contributed by atoms with Crippen molar-refractivity contribution in [1.29, 1.82) is 0 Å². The SMILES string of the molecule is Cn1nc(CN(Cc2ccco2)C(=O)CCC(=O)c2ccccc2)c2c1CCC2. The van der Waals surface area contributed by atoms with Crippen molar-refractivity contribution in [2.24, 2.45) is 7.05 Å². The molecule has 0 spiro atoms. The molecule has 1 aromatic carbocycles. The minimum atomic E-state index is -0.0666. The number of carbonyl (C=O) groups excluding carboxylic acids is 2. The van der Waals surface area contributed by atoms with E-state index in [4.69, 9.17) is 4.42 Å². The highest BCUT2D eigenvalue weighted by molar-refractivity contribution is 5.97. The van der Waals surface area contributed by atoms with Gasteiger partial charge in [0.05, 0.1) is 25.0 Å². The number of aromatic nitrogens is 2. The van der Waals surface area contributed by atoms with Gasteiger partial charge in [-0.15, -0.1) is 0 Å². The third kappa shape index (κ3) is 4.31. The van der Waals surface area contributed by atoms with Crippen LogP contribution in [-0.2, 0) is 37.8 Å². The van der Waals surface area contributed by atoms with Crippen LogP contribution in [-0.4, -0.2) is 26.4 Å². The quantitative estimate of drug-likeness (QED) is 0.549. The summed E-state index contributed by atoms with van der Waals surface area (Å²) in [4.78, 5) is 27.2. The van der Waals surface area contributed by atoms with Crippen molar-refractivity contribution >= 4 is 11.7 Å². The lowest BCUT2D eigenvalue weighted by atomic mass is 10.1. The van der Waals surface area contributed by atoms with Crippen LogP contribution in [0.25, 0.3) is 0 Å². The summed E-state index contributed by atoms with van der Waals surface area (Å²) in [5, 5.41) is 4.65. The summed E-state index contributed by atoms with van der Waals surface area (Å²) in [6.07, 6.45) is 5.15. The monoisotopic (exact) mass is 391 g/mol. The van der Waals surface area contributed by atoms with Gasteiger partial charge in [-0.1, -0.05) is 30.3 Å². The summed E-state index contributed by atoms with van der Waals surface area (Å²) in [6.45, 7) is 0.805. The molecule has 6 nitrogen and oxygen atoms in total. The standard InChI is InChI=1S/C23H25N3O3/c1-25-21-11-5-10-19(21)20(24-25)16-26(15-18-9-6-14-29-18)23(28)13-12-22(27)17-7-3-2-4-8-17/h2-4,6-9,14H,5,10-13,15-16H2,1H3. The van der Waals surface area contributed by atoms with Crippen LogP contribution in [0.3, 0.4) is 0 Å². The molecule has 0 N–H and O–H groups in total. The Hall–Kier alpha value is -3.15. The van der Waals surface area contributed by atoms with E-state index in [1.165, 1.54) is 11.3 Å². The summed E-state index contributed by atoms with van der Waals surface area (Å²) in [5.41, 5.74) is 4.13. The number of hydrogen-bond acceptors (Lipinski definition) is 4. The maximum Gasteiger partial charge on any atom is 0.223 e. The number of fused-ring (bicyclic) bond motifs is 1. The number of hydrogen-bond donors (Lipinski definition) is 0. The topological polar surface area (TPSA) is 68.3 Å². The van der Waals surface area contributed by atoms with Gasteiger partial charge in [0, 0.05) is 31.1 Å². The summed E-state index contributed by atoms with van der Waals surface area (Å²) in [6, 6.07) is 12.8. The first-order valence-electron chi connectivity index (χ1n) is 10.0. The molecular weight excluding hydrogens is 366 g/mol. The number of benzene rings is 1. The molecule has 1 amide bonds. The third-order valence-corrected chi connectivity index (χ3v) is 5.48. The van der Waals surface area contributed by atoms with Gasteiger partial charge < -0.3 is 9.32 Å². The zero-order valence-electron chi connectivity index (χ0n) is 16.6. The van der Waals surface area contributed by atoms with Crippen molar-refractivity contribution in [3.05, 3.63) is 77.0 Å². The first-order valence-corrected chi connectivity index (χ1v) is 10.0. The van der Waals surface area contributed by atoms with E-state index in [-0.39, 0.29) is 24.5 Å². The lowest BCUT2D eigenvalue weighted by molar-refractivity contribution is -0.132. The zero-order valence-corrected chi connectivity index (χ0v) is 16.6. The van der Waals surface area contributed by atoms with Crippen LogP contribution >= 0.6 is 0 Å². The molecule has 3 aromatic rings. The van der Waals surface area contributed by atoms with Gasteiger partial charge in [-0.05, 0) is 37.0 Å². The molecule has 0 bridgehead atoms. The van der Waals surface area contributed by atoms with Crippen molar-refractivity contribution < 1.29 is 14.0 Å². The highest BCUT2D eigenvalue weighted by Gasteiger charge is 2.25. The Labute approximate surface area is 170 Å². The fourth-order valence-electron chi connectivity index (χ4n) is 3.98. The second kappa shape index (κ2) is 8.47. The molecule has 2 aromatic heterocycles. The number of ketones is 1. The Bertz CT molecular complexity index is 990. The van der Waals surface area contributed by atoms with Crippen molar-refractivity contribution in [1.82, 2.24) is 14.7 Å². The predicted molar refractivity (Wildman–Crippen MR) is 108 cm³/mol. The van der Waals surface area contributed by atoms with E-state index in [0.717, 1.165) is 30.7 Å².